The van der Waals surface area contributed by atoms with Crippen LogP contribution in [0.4, 0.5) is 14.5 Å². The van der Waals surface area contributed by atoms with Crippen LogP contribution < -0.4 is 11.1 Å². The Morgan fingerprint density at radius 3 is 2.35 bits per heavy atom. The zero-order valence-corrected chi connectivity index (χ0v) is 10.9. The summed E-state index contributed by atoms with van der Waals surface area (Å²) in [6, 6.07) is 5.96. The number of nitrogens with two attached hydrogens (primary N) is 1. The number of nitrogens with one attached hydrogen (secondary N) is 1. The molecule has 0 radical (unpaired) electrons. The Labute approximate surface area is 115 Å². The van der Waals surface area contributed by atoms with Crippen molar-refractivity contribution in [2.75, 3.05) is 5.73 Å². The van der Waals surface area contributed by atoms with Crippen LogP contribution in [-0.4, -0.2) is 23.7 Å². The highest BCUT2D eigenvalue weighted by atomic mass is 19.3. The molecule has 0 atom stereocenters. The highest BCUT2D eigenvalue weighted by Crippen LogP contribution is 2.37. The molecule has 1 saturated carbocycles. The van der Waals surface area contributed by atoms with E-state index in [1.165, 1.54) is 0 Å². The molecule has 1 aromatic rings. The van der Waals surface area contributed by atoms with Gasteiger partial charge in [0.2, 0.25) is 5.91 Å². The number of hydrogen-bond donors (Lipinski definition) is 2. The van der Waals surface area contributed by atoms with Crippen LogP contribution in [0.5, 0.6) is 0 Å². The minimum Gasteiger partial charge on any atom is -0.399 e. The molecule has 0 unspecified atom stereocenters. The fourth-order valence-corrected chi connectivity index (χ4v) is 2.10. The van der Waals surface area contributed by atoms with Gasteiger partial charge in [-0.1, -0.05) is 0 Å². The molecule has 108 valence electrons. The van der Waals surface area contributed by atoms with Gasteiger partial charge >= 0.3 is 0 Å². The Hall–Kier alpha value is -1.98. The van der Waals surface area contributed by atoms with Crippen LogP contribution in [-0.2, 0) is 4.79 Å². The van der Waals surface area contributed by atoms with Crippen molar-refractivity contribution in [3.05, 3.63) is 29.8 Å². The predicted octanol–water partition coefficient (Wildman–Crippen LogP) is 2.15. The Balaban J connectivity index is 1.73. The van der Waals surface area contributed by atoms with Gasteiger partial charge in [0.15, 0.2) is 5.78 Å². The first-order valence-electron chi connectivity index (χ1n) is 6.42. The van der Waals surface area contributed by atoms with Gasteiger partial charge in [-0.25, -0.2) is 8.78 Å². The summed E-state index contributed by atoms with van der Waals surface area (Å²) in [4.78, 5) is 23.3. The van der Waals surface area contributed by atoms with Crippen molar-refractivity contribution in [2.45, 2.75) is 37.6 Å². The maximum Gasteiger partial charge on any atom is 0.252 e. The molecule has 4 nitrogen and oxygen atoms in total. The summed E-state index contributed by atoms with van der Waals surface area (Å²) in [7, 11) is 0. The van der Waals surface area contributed by atoms with Gasteiger partial charge in [0.25, 0.3) is 5.92 Å². The van der Waals surface area contributed by atoms with E-state index in [1.54, 1.807) is 24.3 Å². The summed E-state index contributed by atoms with van der Waals surface area (Å²) in [6.45, 7) is 0. The predicted molar refractivity (Wildman–Crippen MR) is 70.5 cm³/mol. The maximum absolute atomic E-state index is 12.6. The van der Waals surface area contributed by atoms with Gasteiger partial charge in [0.05, 0.1) is 0 Å². The number of Topliss-reactive ketones (excluding diaryl/α,β-unsaturated/α-hetero) is 1. The fraction of sp³-hybridized carbons (Fsp3) is 0.429. The van der Waals surface area contributed by atoms with Gasteiger partial charge < -0.3 is 11.1 Å². The third kappa shape index (κ3) is 3.76. The van der Waals surface area contributed by atoms with E-state index in [0.29, 0.717) is 11.3 Å². The van der Waals surface area contributed by atoms with Crippen molar-refractivity contribution in [2.24, 2.45) is 0 Å². The van der Waals surface area contributed by atoms with Crippen molar-refractivity contribution in [1.82, 2.24) is 5.32 Å². The monoisotopic (exact) mass is 282 g/mol. The second-order valence-corrected chi connectivity index (χ2v) is 5.07. The average Bonchev–Trinajstić information content (AvgIpc) is 2.34. The Kier molecular flexibility index (Phi) is 4.01. The smallest absolute Gasteiger partial charge is 0.252 e. The van der Waals surface area contributed by atoms with Crippen molar-refractivity contribution >= 4 is 17.4 Å². The van der Waals surface area contributed by atoms with Crippen molar-refractivity contribution in [1.29, 1.82) is 0 Å². The summed E-state index contributed by atoms with van der Waals surface area (Å²) in [5.74, 6) is -3.19. The van der Waals surface area contributed by atoms with Gasteiger partial charge in [-0.05, 0) is 24.3 Å². The van der Waals surface area contributed by atoms with Gasteiger partial charge in [-0.15, -0.1) is 0 Å². The van der Waals surface area contributed by atoms with Gasteiger partial charge in [0, 0.05) is 43.0 Å². The number of benzene rings is 1. The molecule has 1 aliphatic rings. The van der Waals surface area contributed by atoms with Crippen LogP contribution >= 0.6 is 0 Å². The molecular weight excluding hydrogens is 266 g/mol. The van der Waals surface area contributed by atoms with Crippen molar-refractivity contribution in [3.8, 4) is 0 Å². The number of alkyl halides is 2. The van der Waals surface area contributed by atoms with Crippen LogP contribution in [0.25, 0.3) is 0 Å². The highest BCUT2D eigenvalue weighted by molar-refractivity contribution is 5.98. The largest absolute Gasteiger partial charge is 0.399 e. The molecule has 2 rings (SSSR count). The molecule has 0 heterocycles. The minimum absolute atomic E-state index is 0.00524. The first kappa shape index (κ1) is 14.4. The molecular formula is C14H16F2N2O2. The quantitative estimate of drug-likeness (QED) is 0.642. The number of halogens is 2. The summed E-state index contributed by atoms with van der Waals surface area (Å²) in [5.41, 5.74) is 6.56. The molecule has 1 aromatic carbocycles. The number of nitrogen functional groups attached to an aromatic ring is 1. The van der Waals surface area contributed by atoms with E-state index >= 15 is 0 Å². The Morgan fingerprint density at radius 2 is 1.80 bits per heavy atom. The lowest BCUT2D eigenvalue weighted by Gasteiger charge is -2.35. The lowest BCUT2D eigenvalue weighted by Crippen LogP contribution is -2.50. The second kappa shape index (κ2) is 5.56. The third-order valence-electron chi connectivity index (χ3n) is 3.27. The zero-order valence-electron chi connectivity index (χ0n) is 10.9. The highest BCUT2D eigenvalue weighted by Gasteiger charge is 2.45. The van der Waals surface area contributed by atoms with Gasteiger partial charge in [-0.3, -0.25) is 9.59 Å². The number of carbonyl (C=O) groups excluding carboxylic acids is 2. The minimum atomic E-state index is -2.66. The number of rotatable bonds is 5. The number of amides is 1. The van der Waals surface area contributed by atoms with Crippen LogP contribution in [0.15, 0.2) is 24.3 Å². The zero-order chi connectivity index (χ0) is 14.8. The van der Waals surface area contributed by atoms with Crippen LogP contribution in [0.3, 0.4) is 0 Å². The first-order valence-corrected chi connectivity index (χ1v) is 6.42. The fourth-order valence-electron chi connectivity index (χ4n) is 2.10. The van der Waals surface area contributed by atoms with E-state index in [-0.39, 0.29) is 37.4 Å². The lowest BCUT2D eigenvalue weighted by molar-refractivity contribution is -0.129. The number of anilines is 1. The van der Waals surface area contributed by atoms with Crippen molar-refractivity contribution in [3.63, 3.8) is 0 Å². The number of hydrogen-bond acceptors (Lipinski definition) is 3. The lowest BCUT2D eigenvalue weighted by atomic mass is 9.88. The second-order valence-electron chi connectivity index (χ2n) is 5.07. The molecule has 0 saturated heterocycles. The standard InChI is InChI=1S/C14H16F2N2O2/c15-14(16)7-11(8-14)18-13(20)6-5-12(19)9-1-3-10(17)4-2-9/h1-4,11H,5-8,17H2,(H,18,20). The summed E-state index contributed by atoms with van der Waals surface area (Å²) >= 11 is 0. The molecule has 1 fully saturated rings. The molecule has 0 aliphatic heterocycles. The molecule has 6 heteroatoms. The van der Waals surface area contributed by atoms with Gasteiger partial charge in [0.1, 0.15) is 0 Å². The van der Waals surface area contributed by atoms with Crippen molar-refractivity contribution < 1.29 is 18.4 Å². The normalized spacial score (nSPS) is 17.3. The van der Waals surface area contributed by atoms with E-state index in [2.05, 4.69) is 5.32 Å². The summed E-state index contributed by atoms with van der Waals surface area (Å²) < 4.78 is 25.2. The van der Waals surface area contributed by atoms with Crippen LogP contribution in [0.1, 0.15) is 36.0 Å². The number of ketones is 1. The third-order valence-corrected chi connectivity index (χ3v) is 3.27. The van der Waals surface area contributed by atoms with Crippen LogP contribution in [0.2, 0.25) is 0 Å². The molecule has 0 spiro atoms. The molecule has 1 amide bonds. The SMILES string of the molecule is Nc1ccc(C(=O)CCC(=O)NC2CC(F)(F)C2)cc1. The van der Waals surface area contributed by atoms with E-state index < -0.39 is 12.0 Å². The van der Waals surface area contributed by atoms with Gasteiger partial charge in [-0.2, -0.15) is 0 Å². The molecule has 0 bridgehead atoms. The van der Waals surface area contributed by atoms with Crippen LogP contribution in [0, 0.1) is 0 Å². The first-order chi connectivity index (χ1) is 9.35. The van der Waals surface area contributed by atoms with E-state index in [0.717, 1.165) is 0 Å². The number of carbonyl (C=O) groups is 2. The molecule has 0 aromatic heterocycles. The summed E-state index contributed by atoms with van der Waals surface area (Å²) in [5, 5.41) is 2.50. The Morgan fingerprint density at radius 1 is 1.20 bits per heavy atom. The molecule has 20 heavy (non-hydrogen) atoms. The van der Waals surface area contributed by atoms with E-state index in [9.17, 15) is 18.4 Å². The maximum atomic E-state index is 12.6. The molecule has 3 N–H and O–H groups in total. The summed E-state index contributed by atoms with van der Waals surface area (Å²) in [6.07, 6.45) is -0.570. The van der Waals surface area contributed by atoms with E-state index in [4.69, 9.17) is 5.73 Å². The van der Waals surface area contributed by atoms with E-state index in [1.807, 2.05) is 0 Å². The Bertz CT molecular complexity index is 506. The molecule has 1 aliphatic carbocycles. The topological polar surface area (TPSA) is 72.2 Å². The average molecular weight is 282 g/mol.